The minimum absolute atomic E-state index is 0.375. The Morgan fingerprint density at radius 1 is 1.21 bits per heavy atom. The number of hydrogen-bond acceptors (Lipinski definition) is 4. The molecular weight excluding hydrogens is 324 g/mol. The standard InChI is InChI=1S/C17H15ClN6/c1-19-12-2-3-13-14(10-12)23-16(22-13)11-4-8-24(9-5-11)17-15(18)20-6-7-21-17/h2-3,6-7,10-11H,4-5,8-9H2,(H,22,23). The fourth-order valence-corrected chi connectivity index (χ4v) is 3.39. The van der Waals surface area contributed by atoms with Crippen molar-refractivity contribution in [3.8, 4) is 0 Å². The molecule has 0 atom stereocenters. The Bertz CT molecular complexity index is 920. The average Bonchev–Trinajstić information content (AvgIpc) is 3.05. The summed E-state index contributed by atoms with van der Waals surface area (Å²) in [6.07, 6.45) is 5.22. The van der Waals surface area contributed by atoms with Crippen LogP contribution in [-0.4, -0.2) is 33.0 Å². The average molecular weight is 339 g/mol. The van der Waals surface area contributed by atoms with Gasteiger partial charge < -0.3 is 9.88 Å². The van der Waals surface area contributed by atoms with E-state index in [1.807, 2.05) is 18.2 Å². The molecule has 1 N–H and O–H groups in total. The van der Waals surface area contributed by atoms with Crippen LogP contribution in [0.25, 0.3) is 15.9 Å². The van der Waals surface area contributed by atoms with Crippen LogP contribution >= 0.6 is 11.6 Å². The van der Waals surface area contributed by atoms with Gasteiger partial charge in [0.2, 0.25) is 0 Å². The largest absolute Gasteiger partial charge is 0.354 e. The first kappa shape index (κ1) is 14.9. The number of rotatable bonds is 2. The van der Waals surface area contributed by atoms with Gasteiger partial charge in [-0.2, -0.15) is 0 Å². The molecule has 7 heteroatoms. The smallest absolute Gasteiger partial charge is 0.189 e. The molecule has 3 heterocycles. The Balaban J connectivity index is 1.52. The number of hydrogen-bond donors (Lipinski definition) is 1. The van der Waals surface area contributed by atoms with Gasteiger partial charge in [0.05, 0.1) is 17.6 Å². The summed E-state index contributed by atoms with van der Waals surface area (Å²) in [7, 11) is 0. The molecule has 1 aliphatic heterocycles. The van der Waals surface area contributed by atoms with E-state index in [-0.39, 0.29) is 0 Å². The van der Waals surface area contributed by atoms with Crippen LogP contribution in [0.3, 0.4) is 0 Å². The summed E-state index contributed by atoms with van der Waals surface area (Å²) in [4.78, 5) is 22.1. The number of aromatic nitrogens is 4. The van der Waals surface area contributed by atoms with Crippen molar-refractivity contribution in [2.75, 3.05) is 18.0 Å². The van der Waals surface area contributed by atoms with Gasteiger partial charge in [0.15, 0.2) is 16.7 Å². The number of anilines is 1. The summed E-state index contributed by atoms with van der Waals surface area (Å²) in [6.45, 7) is 8.84. The highest BCUT2D eigenvalue weighted by Gasteiger charge is 2.25. The molecule has 0 spiro atoms. The van der Waals surface area contributed by atoms with E-state index in [9.17, 15) is 0 Å². The fraction of sp³-hybridized carbons (Fsp3) is 0.294. The third-order valence-electron chi connectivity index (χ3n) is 4.43. The van der Waals surface area contributed by atoms with Crippen molar-refractivity contribution in [1.29, 1.82) is 0 Å². The molecule has 4 rings (SSSR count). The molecule has 0 bridgehead atoms. The monoisotopic (exact) mass is 338 g/mol. The third-order valence-corrected chi connectivity index (χ3v) is 4.70. The number of aromatic amines is 1. The first-order valence-electron chi connectivity index (χ1n) is 7.83. The van der Waals surface area contributed by atoms with Crippen molar-refractivity contribution in [3.05, 3.63) is 53.0 Å². The van der Waals surface area contributed by atoms with Gasteiger partial charge in [-0.15, -0.1) is 0 Å². The predicted octanol–water partition coefficient (Wildman–Crippen LogP) is 3.94. The summed E-state index contributed by atoms with van der Waals surface area (Å²) in [5.41, 5.74) is 2.46. The van der Waals surface area contributed by atoms with Crippen molar-refractivity contribution in [2.45, 2.75) is 18.8 Å². The first-order chi connectivity index (χ1) is 11.7. The first-order valence-corrected chi connectivity index (χ1v) is 8.21. The Hall–Kier alpha value is -2.65. The highest BCUT2D eigenvalue weighted by molar-refractivity contribution is 6.31. The lowest BCUT2D eigenvalue weighted by Gasteiger charge is -2.32. The zero-order valence-electron chi connectivity index (χ0n) is 12.9. The van der Waals surface area contributed by atoms with Gasteiger partial charge in [-0.3, -0.25) is 0 Å². The van der Waals surface area contributed by atoms with E-state index in [2.05, 4.69) is 29.7 Å². The molecule has 1 aliphatic rings. The minimum atomic E-state index is 0.375. The van der Waals surface area contributed by atoms with Crippen LogP contribution < -0.4 is 4.90 Å². The Labute approximate surface area is 144 Å². The van der Waals surface area contributed by atoms with Gasteiger partial charge in [-0.05, 0) is 25.0 Å². The number of fused-ring (bicyclic) bond motifs is 1. The zero-order valence-corrected chi connectivity index (χ0v) is 13.7. The molecule has 0 unspecified atom stereocenters. The molecule has 0 aliphatic carbocycles. The van der Waals surface area contributed by atoms with Crippen LogP contribution in [0, 0.1) is 6.57 Å². The van der Waals surface area contributed by atoms with E-state index < -0.39 is 0 Å². The maximum absolute atomic E-state index is 7.10. The maximum Gasteiger partial charge on any atom is 0.189 e. The highest BCUT2D eigenvalue weighted by atomic mass is 35.5. The summed E-state index contributed by atoms with van der Waals surface area (Å²) in [5.74, 6) is 2.13. The molecule has 1 fully saturated rings. The van der Waals surface area contributed by atoms with Crippen LogP contribution in [0.4, 0.5) is 11.5 Å². The normalized spacial score (nSPS) is 15.6. The van der Waals surface area contributed by atoms with E-state index in [1.165, 1.54) is 0 Å². The number of nitrogens with zero attached hydrogens (tertiary/aromatic N) is 5. The maximum atomic E-state index is 7.10. The second-order valence-electron chi connectivity index (χ2n) is 5.87. The lowest BCUT2D eigenvalue weighted by molar-refractivity contribution is 0.487. The molecule has 3 aromatic rings. The second-order valence-corrected chi connectivity index (χ2v) is 6.23. The Morgan fingerprint density at radius 2 is 2.00 bits per heavy atom. The lowest BCUT2D eigenvalue weighted by atomic mass is 9.96. The van der Waals surface area contributed by atoms with Crippen molar-refractivity contribution in [1.82, 2.24) is 19.9 Å². The summed E-state index contributed by atoms with van der Waals surface area (Å²) < 4.78 is 0. The van der Waals surface area contributed by atoms with Gasteiger partial charge in [-0.1, -0.05) is 17.7 Å². The number of benzene rings is 1. The Kier molecular flexibility index (Phi) is 3.79. The molecule has 0 saturated carbocycles. The molecule has 0 amide bonds. The van der Waals surface area contributed by atoms with Crippen molar-refractivity contribution < 1.29 is 0 Å². The van der Waals surface area contributed by atoms with Crippen molar-refractivity contribution in [3.63, 3.8) is 0 Å². The molecule has 1 saturated heterocycles. The quantitative estimate of drug-likeness (QED) is 0.719. The van der Waals surface area contributed by atoms with Crippen molar-refractivity contribution in [2.24, 2.45) is 0 Å². The van der Waals surface area contributed by atoms with Crippen LogP contribution in [0.15, 0.2) is 30.6 Å². The van der Waals surface area contributed by atoms with E-state index in [4.69, 9.17) is 18.2 Å². The van der Waals surface area contributed by atoms with Crippen LogP contribution in [0.5, 0.6) is 0 Å². The van der Waals surface area contributed by atoms with Crippen LogP contribution in [0.2, 0.25) is 5.15 Å². The summed E-state index contributed by atoms with van der Waals surface area (Å²) in [6, 6.07) is 5.57. The molecule has 120 valence electrons. The van der Waals surface area contributed by atoms with E-state index in [0.29, 0.717) is 16.8 Å². The van der Waals surface area contributed by atoms with Crippen molar-refractivity contribution >= 4 is 34.1 Å². The molecule has 6 nitrogen and oxygen atoms in total. The second kappa shape index (κ2) is 6.10. The van der Waals surface area contributed by atoms with Gasteiger partial charge in [-0.25, -0.2) is 19.8 Å². The van der Waals surface area contributed by atoms with Gasteiger partial charge in [0.25, 0.3) is 0 Å². The summed E-state index contributed by atoms with van der Waals surface area (Å²) >= 11 is 6.13. The number of nitrogens with one attached hydrogen (secondary N) is 1. The molecule has 2 aromatic heterocycles. The van der Waals surface area contributed by atoms with Gasteiger partial charge in [0, 0.05) is 31.4 Å². The zero-order chi connectivity index (χ0) is 16.5. The third kappa shape index (κ3) is 2.68. The number of imidazole rings is 1. The van der Waals surface area contributed by atoms with E-state index in [1.54, 1.807) is 12.4 Å². The molecule has 24 heavy (non-hydrogen) atoms. The number of halogens is 1. The summed E-state index contributed by atoms with van der Waals surface area (Å²) in [5, 5.41) is 0.450. The fourth-order valence-electron chi connectivity index (χ4n) is 3.17. The molecule has 1 aromatic carbocycles. The highest BCUT2D eigenvalue weighted by Crippen LogP contribution is 2.31. The molecular formula is C17H15ClN6. The lowest BCUT2D eigenvalue weighted by Crippen LogP contribution is -2.34. The topological polar surface area (TPSA) is 62.1 Å². The number of H-pyrrole nitrogens is 1. The van der Waals surface area contributed by atoms with Crippen LogP contribution in [0.1, 0.15) is 24.6 Å². The predicted molar refractivity (Wildman–Crippen MR) is 93.6 cm³/mol. The van der Waals surface area contributed by atoms with Gasteiger partial charge in [0.1, 0.15) is 5.82 Å². The minimum Gasteiger partial charge on any atom is -0.354 e. The van der Waals surface area contributed by atoms with E-state index in [0.717, 1.165) is 48.6 Å². The SMILES string of the molecule is [C-]#[N+]c1ccc2[nH]c(C3CCN(c4nccnc4Cl)CC3)nc2c1. The Morgan fingerprint density at radius 3 is 2.75 bits per heavy atom. The van der Waals surface area contributed by atoms with Crippen LogP contribution in [-0.2, 0) is 0 Å². The number of piperidine rings is 1. The van der Waals surface area contributed by atoms with Gasteiger partial charge >= 0.3 is 0 Å². The van der Waals surface area contributed by atoms with E-state index >= 15 is 0 Å². The molecule has 0 radical (unpaired) electrons.